The Bertz CT molecular complexity index is 1960. The van der Waals surface area contributed by atoms with Gasteiger partial charge in [0.25, 0.3) is 0 Å². The summed E-state index contributed by atoms with van der Waals surface area (Å²) in [6.07, 6.45) is 7.07. The molecule has 0 unspecified atom stereocenters. The lowest BCUT2D eigenvalue weighted by Gasteiger charge is -2.37. The van der Waals surface area contributed by atoms with Crippen LogP contribution in [0.3, 0.4) is 0 Å². The molecule has 69 heavy (non-hydrogen) atoms. The van der Waals surface area contributed by atoms with Crippen LogP contribution in [0.15, 0.2) is 127 Å². The molecule has 0 amide bonds. The van der Waals surface area contributed by atoms with Crippen LogP contribution in [0.4, 0.5) is 0 Å². The van der Waals surface area contributed by atoms with E-state index in [4.69, 9.17) is 0 Å². The topological polar surface area (TPSA) is 0 Å². The third-order valence-corrected chi connectivity index (χ3v) is 12.6. The maximum Gasteiger partial charge on any atom is -0.0132 e. The van der Waals surface area contributed by atoms with E-state index in [9.17, 15) is 0 Å². The van der Waals surface area contributed by atoms with Gasteiger partial charge < -0.3 is 0 Å². The molecule has 0 atom stereocenters. The summed E-state index contributed by atoms with van der Waals surface area (Å²) < 4.78 is 0. The number of rotatable bonds is 1. The van der Waals surface area contributed by atoms with Gasteiger partial charge >= 0.3 is 0 Å². The largest absolute Gasteiger partial charge is 0.0654 e. The van der Waals surface area contributed by atoms with Crippen LogP contribution in [-0.4, -0.2) is 0 Å². The fraction of sp³-hybridized carbons (Fsp3) is 0.565. The highest BCUT2D eigenvalue weighted by atomic mass is 14.3. The molecule has 0 bridgehead atoms. The van der Waals surface area contributed by atoms with Gasteiger partial charge in [0.05, 0.1) is 0 Å². The molecule has 1 aliphatic rings. The van der Waals surface area contributed by atoms with E-state index < -0.39 is 0 Å². The van der Waals surface area contributed by atoms with E-state index in [1.165, 1.54) is 82.2 Å². The Morgan fingerprint density at radius 3 is 0.783 bits per heavy atom. The van der Waals surface area contributed by atoms with Gasteiger partial charge in [0, 0.05) is 0 Å². The average molecular weight is 940 g/mol. The van der Waals surface area contributed by atoms with Crippen LogP contribution in [0.5, 0.6) is 0 Å². The summed E-state index contributed by atoms with van der Waals surface area (Å²) in [6.45, 7) is 58.1. The van der Waals surface area contributed by atoms with Crippen molar-refractivity contribution in [2.24, 2.45) is 16.7 Å². The Morgan fingerprint density at radius 2 is 0.623 bits per heavy atom. The number of hydrogen-bond acceptors (Lipinski definition) is 0. The molecule has 0 saturated heterocycles. The van der Waals surface area contributed by atoms with Crippen molar-refractivity contribution in [3.8, 4) is 0 Å². The van der Waals surface area contributed by atoms with E-state index >= 15 is 0 Å². The van der Waals surface area contributed by atoms with Gasteiger partial charge in [-0.3, -0.25) is 0 Å². The Morgan fingerprint density at radius 1 is 0.333 bits per heavy atom. The zero-order chi connectivity index (χ0) is 53.7. The molecule has 6 rings (SSSR count). The first kappa shape index (κ1) is 65.1. The van der Waals surface area contributed by atoms with Crippen LogP contribution in [-0.2, 0) is 27.1 Å². The van der Waals surface area contributed by atoms with Gasteiger partial charge in [-0.15, -0.1) is 0 Å². The summed E-state index contributed by atoms with van der Waals surface area (Å²) in [7, 11) is 0. The van der Waals surface area contributed by atoms with Gasteiger partial charge in [-0.2, -0.15) is 0 Å². The second-order valence-electron chi connectivity index (χ2n) is 27.4. The molecular formula is C69H110. The lowest BCUT2D eigenvalue weighted by Crippen LogP contribution is -2.26. The normalized spacial score (nSPS) is 13.0. The first-order chi connectivity index (χ1) is 31.3. The Hall–Kier alpha value is -3.90. The number of hydrogen-bond donors (Lipinski definition) is 0. The molecule has 386 valence electrons. The third-order valence-electron chi connectivity index (χ3n) is 12.6. The van der Waals surface area contributed by atoms with Crippen LogP contribution in [0.2, 0.25) is 0 Å². The van der Waals surface area contributed by atoms with Crippen LogP contribution in [0.1, 0.15) is 234 Å². The predicted molar refractivity (Wildman–Crippen MR) is 316 cm³/mol. The number of aryl methyl sites for hydroxylation is 4. The quantitative estimate of drug-likeness (QED) is 0.157. The van der Waals surface area contributed by atoms with Crippen molar-refractivity contribution in [1.82, 2.24) is 0 Å². The molecule has 0 aliphatic heterocycles. The zero-order valence-corrected chi connectivity index (χ0v) is 50.2. The Kier molecular flexibility index (Phi) is 27.2. The van der Waals surface area contributed by atoms with Crippen LogP contribution in [0.25, 0.3) is 0 Å². The van der Waals surface area contributed by atoms with E-state index in [1.54, 1.807) is 0 Å². The van der Waals surface area contributed by atoms with Crippen molar-refractivity contribution in [3.05, 3.63) is 177 Å². The standard InChI is InChI=1S/4C11H16.C10H14.C8H16.C7H16/c2*1-9-5-7-10(8-6-9)11(2,3)4;2*1-9-6-5-7-10(8-9)11(2,3)4;1-10(2,3)9-7-5-4-6-8-9;1-8(2,3)7-5-4-6-7;1-5-6-7(2,3)4/h4*5-8H,1-4H3;4-8H,1-3H3;7H,4-6H2,1-3H3;5-6H2,1-4H3. The molecular weight excluding hydrogens is 829 g/mol. The van der Waals surface area contributed by atoms with Gasteiger partial charge in [0.1, 0.15) is 0 Å². The fourth-order valence-electron chi connectivity index (χ4n) is 7.29. The van der Waals surface area contributed by atoms with Crippen molar-refractivity contribution in [2.45, 2.75) is 239 Å². The minimum atomic E-state index is 0.284. The molecule has 0 radical (unpaired) electrons. The highest BCUT2D eigenvalue weighted by molar-refractivity contribution is 5.30. The van der Waals surface area contributed by atoms with E-state index in [1.807, 2.05) is 0 Å². The molecule has 0 N–H and O–H groups in total. The van der Waals surface area contributed by atoms with Gasteiger partial charge in [-0.25, -0.2) is 0 Å². The molecule has 0 aromatic heterocycles. The summed E-state index contributed by atoms with van der Waals surface area (Å²) >= 11 is 0. The molecule has 1 aliphatic carbocycles. The van der Waals surface area contributed by atoms with Crippen molar-refractivity contribution >= 4 is 0 Å². The first-order valence-electron chi connectivity index (χ1n) is 26.6. The predicted octanol–water partition coefficient (Wildman–Crippen LogP) is 21.8. The second kappa shape index (κ2) is 28.8. The van der Waals surface area contributed by atoms with E-state index in [0.29, 0.717) is 16.2 Å². The van der Waals surface area contributed by atoms with Crippen LogP contribution >= 0.6 is 0 Å². The molecule has 0 nitrogen and oxygen atoms in total. The van der Waals surface area contributed by atoms with E-state index in [2.05, 4.69) is 307 Å². The summed E-state index contributed by atoms with van der Waals surface area (Å²) in [6, 6.07) is 45.4. The SMILES string of the molecule is CC(C)(C)C1CCC1.CC(C)(C)c1ccccc1.CCCC(C)(C)C.Cc1ccc(C(C)(C)C)cc1.Cc1ccc(C(C)(C)C)cc1.Cc1cccc(C(C)(C)C)c1.Cc1cccc(C(C)(C)C)c1. The molecule has 0 spiro atoms. The van der Waals surface area contributed by atoms with Gasteiger partial charge in [0.15, 0.2) is 0 Å². The molecule has 1 fully saturated rings. The minimum absolute atomic E-state index is 0.284. The number of benzene rings is 5. The zero-order valence-electron chi connectivity index (χ0n) is 50.2. The highest BCUT2D eigenvalue weighted by Gasteiger charge is 2.29. The van der Waals surface area contributed by atoms with Crippen molar-refractivity contribution in [3.63, 3.8) is 0 Å². The summed E-state index contributed by atoms with van der Waals surface area (Å²) in [5, 5.41) is 0. The molecule has 5 aromatic carbocycles. The summed E-state index contributed by atoms with van der Waals surface area (Å²) in [5.74, 6) is 1.03. The van der Waals surface area contributed by atoms with Crippen molar-refractivity contribution < 1.29 is 0 Å². The summed E-state index contributed by atoms with van der Waals surface area (Å²) in [5.41, 5.74) is 15.0. The minimum Gasteiger partial charge on any atom is -0.0654 e. The Labute approximate surface area is 431 Å². The van der Waals surface area contributed by atoms with Crippen LogP contribution in [0, 0.1) is 44.4 Å². The van der Waals surface area contributed by atoms with Crippen molar-refractivity contribution in [1.29, 1.82) is 0 Å². The monoisotopic (exact) mass is 939 g/mol. The maximum absolute atomic E-state index is 2.34. The van der Waals surface area contributed by atoms with Gasteiger partial charge in [-0.1, -0.05) is 315 Å². The molecule has 5 aromatic rings. The van der Waals surface area contributed by atoms with Gasteiger partial charge in [-0.05, 0) is 119 Å². The smallest absolute Gasteiger partial charge is 0.0132 e. The first-order valence-corrected chi connectivity index (χ1v) is 26.6. The fourth-order valence-corrected chi connectivity index (χ4v) is 7.29. The van der Waals surface area contributed by atoms with Gasteiger partial charge in [0.2, 0.25) is 0 Å². The molecule has 0 heterocycles. The van der Waals surface area contributed by atoms with E-state index in [-0.39, 0.29) is 21.7 Å². The van der Waals surface area contributed by atoms with E-state index in [0.717, 1.165) is 5.92 Å². The lowest BCUT2D eigenvalue weighted by atomic mass is 9.69. The highest BCUT2D eigenvalue weighted by Crippen LogP contribution is 2.41. The van der Waals surface area contributed by atoms with Crippen molar-refractivity contribution in [2.75, 3.05) is 0 Å². The average Bonchev–Trinajstić information content (AvgIpc) is 3.17. The summed E-state index contributed by atoms with van der Waals surface area (Å²) in [4.78, 5) is 0. The molecule has 0 heteroatoms. The molecule has 1 saturated carbocycles. The second-order valence-corrected chi connectivity index (χ2v) is 27.4. The Balaban J connectivity index is 0.000000786. The lowest BCUT2D eigenvalue weighted by molar-refractivity contribution is 0.141. The third kappa shape index (κ3) is 30.5. The maximum atomic E-state index is 2.34. The van der Waals surface area contributed by atoms with Crippen LogP contribution < -0.4 is 0 Å².